The van der Waals surface area contributed by atoms with Crippen LogP contribution in [0.3, 0.4) is 0 Å². The number of guanidine groups is 1. The third-order valence-electron chi connectivity index (χ3n) is 4.18. The number of ether oxygens (including phenoxy) is 1. The lowest BCUT2D eigenvalue weighted by Gasteiger charge is -2.21. The van der Waals surface area contributed by atoms with Gasteiger partial charge in [-0.3, -0.25) is 0 Å². The van der Waals surface area contributed by atoms with Crippen molar-refractivity contribution in [3.05, 3.63) is 30.1 Å². The van der Waals surface area contributed by atoms with Crippen LogP contribution in [-0.4, -0.2) is 56.2 Å². The molecule has 0 spiro atoms. The molecule has 1 aromatic carbocycles. The van der Waals surface area contributed by atoms with Crippen LogP contribution in [0.25, 0.3) is 0 Å². The first-order valence-corrected chi connectivity index (χ1v) is 8.73. The molecule has 1 heterocycles. The van der Waals surface area contributed by atoms with E-state index in [9.17, 15) is 4.39 Å². The lowest BCUT2D eigenvalue weighted by molar-refractivity contribution is 0.230. The van der Waals surface area contributed by atoms with Gasteiger partial charge in [0.2, 0.25) is 0 Å². The average molecular weight is 336 g/mol. The summed E-state index contributed by atoms with van der Waals surface area (Å²) in [6, 6.07) is 6.63. The Morgan fingerprint density at radius 3 is 2.75 bits per heavy atom. The fourth-order valence-electron chi connectivity index (χ4n) is 2.80. The van der Waals surface area contributed by atoms with Gasteiger partial charge in [0.15, 0.2) is 5.96 Å². The molecule has 1 saturated heterocycles. The largest absolute Gasteiger partial charge is 0.489 e. The van der Waals surface area contributed by atoms with Gasteiger partial charge in [-0.05, 0) is 64.5 Å². The SMILES string of the molecule is CCNC(=NCC(C)Oc1ccc(F)cc1)NCC1CCCN1C. The normalized spacial score (nSPS) is 20.0. The van der Waals surface area contributed by atoms with Crippen LogP contribution in [0.5, 0.6) is 5.75 Å². The molecule has 24 heavy (non-hydrogen) atoms. The molecule has 1 fully saturated rings. The van der Waals surface area contributed by atoms with E-state index in [-0.39, 0.29) is 11.9 Å². The average Bonchev–Trinajstić information content (AvgIpc) is 2.97. The number of hydrogen-bond acceptors (Lipinski definition) is 3. The molecule has 0 aliphatic carbocycles. The van der Waals surface area contributed by atoms with E-state index in [0.29, 0.717) is 18.3 Å². The molecule has 0 radical (unpaired) electrons. The summed E-state index contributed by atoms with van der Waals surface area (Å²) < 4.78 is 18.7. The van der Waals surface area contributed by atoms with Gasteiger partial charge in [0.25, 0.3) is 0 Å². The third kappa shape index (κ3) is 6.00. The summed E-state index contributed by atoms with van der Waals surface area (Å²) in [4.78, 5) is 6.98. The van der Waals surface area contributed by atoms with E-state index < -0.39 is 0 Å². The van der Waals surface area contributed by atoms with Gasteiger partial charge >= 0.3 is 0 Å². The third-order valence-corrected chi connectivity index (χ3v) is 4.18. The van der Waals surface area contributed by atoms with Crippen LogP contribution in [-0.2, 0) is 0 Å². The topological polar surface area (TPSA) is 48.9 Å². The number of rotatable bonds is 7. The highest BCUT2D eigenvalue weighted by Gasteiger charge is 2.20. The molecule has 0 aromatic heterocycles. The minimum atomic E-state index is -0.261. The van der Waals surface area contributed by atoms with Crippen molar-refractivity contribution in [3.63, 3.8) is 0 Å². The summed E-state index contributed by atoms with van der Waals surface area (Å²) in [5.41, 5.74) is 0. The summed E-state index contributed by atoms with van der Waals surface area (Å²) in [5.74, 6) is 1.21. The molecular weight excluding hydrogens is 307 g/mol. The summed E-state index contributed by atoms with van der Waals surface area (Å²) in [6.07, 6.45) is 2.41. The highest BCUT2D eigenvalue weighted by Crippen LogP contribution is 2.14. The quantitative estimate of drug-likeness (QED) is 0.592. The van der Waals surface area contributed by atoms with Crippen LogP contribution in [0.15, 0.2) is 29.3 Å². The highest BCUT2D eigenvalue weighted by molar-refractivity contribution is 5.79. The molecule has 1 aliphatic rings. The van der Waals surface area contributed by atoms with E-state index in [2.05, 4.69) is 34.5 Å². The Hall–Kier alpha value is -1.82. The first kappa shape index (κ1) is 18.5. The Balaban J connectivity index is 1.81. The number of likely N-dealkylation sites (N-methyl/N-ethyl adjacent to an activating group) is 1. The van der Waals surface area contributed by atoms with Crippen LogP contribution >= 0.6 is 0 Å². The van der Waals surface area contributed by atoms with Crippen molar-refractivity contribution < 1.29 is 9.13 Å². The standard InChI is InChI=1S/C18H29FN4O/c1-4-20-18(22-13-16-6-5-11-23(16)3)21-12-14(2)24-17-9-7-15(19)8-10-17/h7-10,14,16H,4-6,11-13H2,1-3H3,(H2,20,21,22). The van der Waals surface area contributed by atoms with Gasteiger partial charge in [0, 0.05) is 19.1 Å². The number of aliphatic imine (C=N–C) groups is 1. The van der Waals surface area contributed by atoms with E-state index in [1.165, 1.54) is 31.5 Å². The second-order valence-corrected chi connectivity index (χ2v) is 6.26. The molecule has 1 aromatic rings. The van der Waals surface area contributed by atoms with Gasteiger partial charge < -0.3 is 20.3 Å². The number of nitrogens with one attached hydrogen (secondary N) is 2. The molecule has 2 rings (SSSR count). The molecule has 0 saturated carbocycles. The molecule has 2 atom stereocenters. The number of hydrogen-bond donors (Lipinski definition) is 2. The Kier molecular flexibility index (Phi) is 7.31. The molecule has 0 bridgehead atoms. The van der Waals surface area contributed by atoms with Crippen LogP contribution in [0.4, 0.5) is 4.39 Å². The van der Waals surface area contributed by atoms with Crippen molar-refractivity contribution in [2.75, 3.05) is 33.2 Å². The lowest BCUT2D eigenvalue weighted by atomic mass is 10.2. The predicted molar refractivity (Wildman–Crippen MR) is 96.1 cm³/mol. The minimum absolute atomic E-state index is 0.0833. The number of likely N-dealkylation sites (tertiary alicyclic amines) is 1. The van der Waals surface area contributed by atoms with E-state index in [1.807, 2.05) is 6.92 Å². The highest BCUT2D eigenvalue weighted by atomic mass is 19.1. The summed E-state index contributed by atoms with van der Waals surface area (Å²) >= 11 is 0. The fraction of sp³-hybridized carbons (Fsp3) is 0.611. The maximum absolute atomic E-state index is 12.9. The minimum Gasteiger partial charge on any atom is -0.489 e. The zero-order valence-corrected chi connectivity index (χ0v) is 14.9. The summed E-state index contributed by atoms with van der Waals surface area (Å²) in [6.45, 7) is 7.43. The van der Waals surface area contributed by atoms with Gasteiger partial charge in [-0.2, -0.15) is 0 Å². The Bertz CT molecular complexity index is 520. The van der Waals surface area contributed by atoms with Crippen molar-refractivity contribution in [2.45, 2.75) is 38.8 Å². The Morgan fingerprint density at radius 2 is 2.12 bits per heavy atom. The van der Waals surface area contributed by atoms with Crippen molar-refractivity contribution in [2.24, 2.45) is 4.99 Å². The van der Waals surface area contributed by atoms with Crippen molar-refractivity contribution in [1.82, 2.24) is 15.5 Å². The summed E-state index contributed by atoms with van der Waals surface area (Å²) in [7, 11) is 2.17. The molecule has 2 unspecified atom stereocenters. The van der Waals surface area contributed by atoms with Crippen LogP contribution in [0.2, 0.25) is 0 Å². The molecule has 5 nitrogen and oxygen atoms in total. The van der Waals surface area contributed by atoms with Crippen molar-refractivity contribution in [1.29, 1.82) is 0 Å². The predicted octanol–water partition coefficient (Wildman–Crippen LogP) is 2.24. The molecule has 1 aliphatic heterocycles. The van der Waals surface area contributed by atoms with Gasteiger partial charge in [-0.1, -0.05) is 0 Å². The van der Waals surface area contributed by atoms with Gasteiger partial charge in [0.1, 0.15) is 17.7 Å². The first-order valence-electron chi connectivity index (χ1n) is 8.73. The van der Waals surface area contributed by atoms with E-state index in [0.717, 1.165) is 19.0 Å². The number of benzene rings is 1. The number of halogens is 1. The molecular formula is C18H29FN4O. The zero-order chi connectivity index (χ0) is 17.4. The van der Waals surface area contributed by atoms with Crippen molar-refractivity contribution >= 4 is 5.96 Å². The van der Waals surface area contributed by atoms with E-state index >= 15 is 0 Å². The molecule has 6 heteroatoms. The first-order chi connectivity index (χ1) is 11.6. The van der Waals surface area contributed by atoms with Crippen LogP contribution < -0.4 is 15.4 Å². The second kappa shape index (κ2) is 9.47. The molecule has 0 amide bonds. The van der Waals surface area contributed by atoms with Gasteiger partial charge in [-0.25, -0.2) is 9.38 Å². The smallest absolute Gasteiger partial charge is 0.191 e. The number of nitrogens with zero attached hydrogens (tertiary/aromatic N) is 2. The summed E-state index contributed by atoms with van der Waals surface area (Å²) in [5, 5.41) is 6.68. The van der Waals surface area contributed by atoms with Crippen LogP contribution in [0.1, 0.15) is 26.7 Å². The monoisotopic (exact) mass is 336 g/mol. The Morgan fingerprint density at radius 1 is 1.38 bits per heavy atom. The van der Waals surface area contributed by atoms with Gasteiger partial charge in [-0.15, -0.1) is 0 Å². The zero-order valence-electron chi connectivity index (χ0n) is 14.9. The van der Waals surface area contributed by atoms with E-state index in [4.69, 9.17) is 4.74 Å². The van der Waals surface area contributed by atoms with Crippen molar-refractivity contribution in [3.8, 4) is 5.75 Å². The lowest BCUT2D eigenvalue weighted by Crippen LogP contribution is -2.44. The van der Waals surface area contributed by atoms with Gasteiger partial charge in [0.05, 0.1) is 6.54 Å². The maximum Gasteiger partial charge on any atom is 0.191 e. The Labute approximate surface area is 144 Å². The van der Waals surface area contributed by atoms with E-state index in [1.54, 1.807) is 12.1 Å². The maximum atomic E-state index is 12.9. The molecule has 134 valence electrons. The fourth-order valence-corrected chi connectivity index (χ4v) is 2.80. The molecule has 2 N–H and O–H groups in total. The van der Waals surface area contributed by atoms with Crippen LogP contribution in [0, 0.1) is 5.82 Å². The second-order valence-electron chi connectivity index (χ2n) is 6.26.